The largest absolute Gasteiger partial charge is 0.291 e. The molecule has 0 aromatic heterocycles. The second kappa shape index (κ2) is 4.34. The smallest absolute Gasteiger partial charge is 0.126 e. The predicted molar refractivity (Wildman–Crippen MR) is 86.5 cm³/mol. The van der Waals surface area contributed by atoms with E-state index in [0.29, 0.717) is 0 Å². The van der Waals surface area contributed by atoms with Gasteiger partial charge in [-0.2, -0.15) is 0 Å². The molecule has 1 aromatic carbocycles. The Morgan fingerprint density at radius 3 is 2.29 bits per heavy atom. The van der Waals surface area contributed by atoms with Gasteiger partial charge in [0.05, 0.1) is 10.4 Å². The van der Waals surface area contributed by atoms with Crippen molar-refractivity contribution in [1.29, 1.82) is 0 Å². The van der Waals surface area contributed by atoms with E-state index in [1.807, 2.05) is 0 Å². The highest BCUT2D eigenvalue weighted by molar-refractivity contribution is 7.87. The first-order valence-electron chi connectivity index (χ1n) is 8.51. The molecule has 21 heavy (non-hydrogen) atoms. The molecule has 3 heteroatoms. The fraction of sp³-hybridized carbons (Fsp3) is 0.667. The Bertz CT molecular complexity index is 576. The van der Waals surface area contributed by atoms with Gasteiger partial charge in [-0.25, -0.2) is 4.21 Å². The maximum absolute atomic E-state index is 13.5. The van der Waals surface area contributed by atoms with E-state index in [1.54, 1.807) is 0 Å². The van der Waals surface area contributed by atoms with Crippen molar-refractivity contribution in [3.63, 3.8) is 0 Å². The summed E-state index contributed by atoms with van der Waals surface area (Å²) in [7, 11) is -0.828. The minimum atomic E-state index is -0.828. The molecular weight excluding hydrogens is 278 g/mol. The molecule has 1 aliphatic heterocycles. The summed E-state index contributed by atoms with van der Waals surface area (Å²) < 4.78 is 15.9. The highest BCUT2D eigenvalue weighted by Crippen LogP contribution is 2.58. The van der Waals surface area contributed by atoms with E-state index in [-0.39, 0.29) is 4.75 Å². The molecule has 0 N–H and O–H groups in total. The molecule has 1 heterocycles. The van der Waals surface area contributed by atoms with Crippen LogP contribution < -0.4 is 4.31 Å². The lowest BCUT2D eigenvalue weighted by Gasteiger charge is -2.56. The number of hydrogen-bond donors (Lipinski definition) is 0. The minimum absolute atomic E-state index is 0.117. The lowest BCUT2D eigenvalue weighted by molar-refractivity contribution is 0.0360. The maximum Gasteiger partial charge on any atom is 0.126 e. The third-order valence-electron chi connectivity index (χ3n) is 6.40. The molecular formula is C18H23NOS. The van der Waals surface area contributed by atoms with E-state index in [0.717, 1.165) is 30.7 Å². The number of anilines is 1. The minimum Gasteiger partial charge on any atom is -0.291 e. The highest BCUT2D eigenvalue weighted by atomic mass is 32.2. The molecule has 0 spiro atoms. The molecule has 4 aliphatic carbocycles. The highest BCUT2D eigenvalue weighted by Gasteiger charge is 2.55. The summed E-state index contributed by atoms with van der Waals surface area (Å²) in [5.74, 6) is 2.62. The first kappa shape index (κ1) is 12.7. The third-order valence-corrected chi connectivity index (χ3v) is 8.42. The van der Waals surface area contributed by atoms with Gasteiger partial charge in [0, 0.05) is 6.54 Å². The molecule has 5 aliphatic rings. The van der Waals surface area contributed by atoms with E-state index in [4.69, 9.17) is 0 Å². The third kappa shape index (κ3) is 1.79. The fourth-order valence-electron chi connectivity index (χ4n) is 5.96. The molecule has 4 fully saturated rings. The van der Waals surface area contributed by atoms with Gasteiger partial charge < -0.3 is 0 Å². The van der Waals surface area contributed by atoms with Gasteiger partial charge in [0.25, 0.3) is 0 Å². The van der Waals surface area contributed by atoms with Crippen molar-refractivity contribution in [2.75, 3.05) is 10.8 Å². The van der Waals surface area contributed by atoms with Gasteiger partial charge in [-0.05, 0) is 74.3 Å². The van der Waals surface area contributed by atoms with Crippen molar-refractivity contribution in [2.24, 2.45) is 17.8 Å². The van der Waals surface area contributed by atoms with Crippen molar-refractivity contribution < 1.29 is 4.21 Å². The Labute approximate surface area is 129 Å². The zero-order valence-corrected chi connectivity index (χ0v) is 13.3. The van der Waals surface area contributed by atoms with E-state index >= 15 is 0 Å². The number of benzene rings is 1. The Morgan fingerprint density at radius 1 is 1.00 bits per heavy atom. The number of hydrogen-bond acceptors (Lipinski definition) is 1. The lowest BCUT2D eigenvalue weighted by atomic mass is 9.56. The van der Waals surface area contributed by atoms with Crippen LogP contribution in [-0.2, 0) is 17.4 Å². The monoisotopic (exact) mass is 301 g/mol. The van der Waals surface area contributed by atoms with Crippen LogP contribution in [0.4, 0.5) is 5.69 Å². The van der Waals surface area contributed by atoms with Gasteiger partial charge in [0.15, 0.2) is 0 Å². The van der Waals surface area contributed by atoms with Gasteiger partial charge in [0.1, 0.15) is 11.0 Å². The van der Waals surface area contributed by atoms with Gasteiger partial charge in [-0.1, -0.05) is 18.2 Å². The van der Waals surface area contributed by atoms with E-state index < -0.39 is 11.0 Å². The first-order chi connectivity index (χ1) is 10.2. The number of rotatable bonds is 2. The molecule has 0 radical (unpaired) electrons. The average molecular weight is 301 g/mol. The van der Waals surface area contributed by atoms with Gasteiger partial charge >= 0.3 is 0 Å². The van der Waals surface area contributed by atoms with Crippen molar-refractivity contribution in [3.8, 4) is 0 Å². The van der Waals surface area contributed by atoms with Gasteiger partial charge in [0.2, 0.25) is 0 Å². The Kier molecular flexibility index (Phi) is 2.62. The predicted octanol–water partition coefficient (Wildman–Crippen LogP) is 3.68. The molecule has 112 valence electrons. The Balaban J connectivity index is 1.50. The van der Waals surface area contributed by atoms with Crippen LogP contribution in [-0.4, -0.2) is 15.5 Å². The molecule has 0 saturated heterocycles. The average Bonchev–Trinajstić information content (AvgIpc) is 2.89. The van der Waals surface area contributed by atoms with Crippen LogP contribution in [0.3, 0.4) is 0 Å². The molecule has 4 bridgehead atoms. The van der Waals surface area contributed by atoms with Crippen molar-refractivity contribution >= 4 is 16.7 Å². The Hall–Kier alpha value is -0.830. The van der Waals surface area contributed by atoms with E-state index in [9.17, 15) is 4.21 Å². The van der Waals surface area contributed by atoms with Crippen LogP contribution in [0.5, 0.6) is 0 Å². The first-order valence-corrected chi connectivity index (χ1v) is 9.62. The van der Waals surface area contributed by atoms with Crippen LogP contribution in [0.2, 0.25) is 0 Å². The zero-order valence-electron chi connectivity index (χ0n) is 12.5. The van der Waals surface area contributed by atoms with Crippen molar-refractivity contribution in [2.45, 2.75) is 49.7 Å². The summed E-state index contributed by atoms with van der Waals surface area (Å²) in [6, 6.07) is 8.57. The summed E-state index contributed by atoms with van der Waals surface area (Å²) in [4.78, 5) is 0. The standard InChI is InChI=1S/C18H23NOS/c20-21(19-6-5-16-3-1-2-4-17(16)19)18-10-13-7-14(11-18)9-15(8-13)12-18/h1-4,13-15H,5-12H2/t13?,14?,15?,18?,21-/m0/s1. The van der Waals surface area contributed by atoms with E-state index in [1.165, 1.54) is 49.8 Å². The van der Waals surface area contributed by atoms with Crippen LogP contribution in [0, 0.1) is 17.8 Å². The van der Waals surface area contributed by atoms with Crippen molar-refractivity contribution in [1.82, 2.24) is 0 Å². The summed E-state index contributed by atoms with van der Waals surface area (Å²) >= 11 is 0. The molecule has 2 nitrogen and oxygen atoms in total. The van der Waals surface area contributed by atoms with E-state index in [2.05, 4.69) is 28.6 Å². The molecule has 0 amide bonds. The van der Waals surface area contributed by atoms with Crippen LogP contribution in [0.15, 0.2) is 24.3 Å². The second-order valence-corrected chi connectivity index (χ2v) is 9.64. The quantitative estimate of drug-likeness (QED) is 0.816. The number of para-hydroxylation sites is 1. The SMILES string of the molecule is O=[S@](N1CCc2ccccc21)C12CC3CC(CC(C3)C1)C2. The van der Waals surface area contributed by atoms with Gasteiger partial charge in [-0.15, -0.1) is 0 Å². The normalized spacial score (nSPS) is 41.3. The van der Waals surface area contributed by atoms with Crippen molar-refractivity contribution in [3.05, 3.63) is 29.8 Å². The van der Waals surface area contributed by atoms with Crippen LogP contribution in [0.1, 0.15) is 44.1 Å². The molecule has 6 rings (SSSR count). The molecule has 0 unspecified atom stereocenters. The van der Waals surface area contributed by atoms with Crippen LogP contribution in [0.25, 0.3) is 0 Å². The number of nitrogens with zero attached hydrogens (tertiary/aromatic N) is 1. The molecule has 1 aromatic rings. The molecule has 4 saturated carbocycles. The second-order valence-electron chi connectivity index (χ2n) is 7.83. The summed E-state index contributed by atoms with van der Waals surface area (Å²) in [5, 5.41) is 0. The lowest BCUT2D eigenvalue weighted by Crippen LogP contribution is -2.56. The summed E-state index contributed by atoms with van der Waals surface area (Å²) in [6.07, 6.45) is 9.01. The Morgan fingerprint density at radius 2 is 1.62 bits per heavy atom. The fourth-order valence-corrected chi connectivity index (χ4v) is 8.18. The summed E-state index contributed by atoms with van der Waals surface area (Å²) in [5.41, 5.74) is 2.63. The van der Waals surface area contributed by atoms with Gasteiger partial charge in [-0.3, -0.25) is 4.31 Å². The topological polar surface area (TPSA) is 20.3 Å². The maximum atomic E-state index is 13.5. The van der Waals surface area contributed by atoms with Crippen LogP contribution >= 0.6 is 0 Å². The number of fused-ring (bicyclic) bond motifs is 1. The molecule has 1 atom stereocenters. The summed E-state index contributed by atoms with van der Waals surface area (Å²) in [6.45, 7) is 0.952. The zero-order chi connectivity index (χ0) is 14.0.